The second-order valence-electron chi connectivity index (χ2n) is 4.95. The van der Waals surface area contributed by atoms with Crippen LogP contribution >= 0.6 is 34.5 Å². The molecule has 0 saturated heterocycles. The Morgan fingerprint density at radius 1 is 1.19 bits per heavy atom. The van der Waals surface area contributed by atoms with Crippen molar-refractivity contribution in [1.29, 1.82) is 10.7 Å². The third kappa shape index (κ3) is 3.44. The molecule has 1 aromatic carbocycles. The summed E-state index contributed by atoms with van der Waals surface area (Å²) in [6.07, 6.45) is -3.25. The first kappa shape index (κ1) is 18.4. The Bertz CT molecular complexity index is 1060. The molecule has 0 aliphatic carbocycles. The number of hydrogen-bond acceptors (Lipinski definition) is 5. The van der Waals surface area contributed by atoms with Crippen LogP contribution in [0.5, 0.6) is 0 Å². The Kier molecular flexibility index (Phi) is 4.75. The van der Waals surface area contributed by atoms with Crippen molar-refractivity contribution in [1.82, 2.24) is 14.8 Å². The number of halogens is 5. The molecule has 26 heavy (non-hydrogen) atoms. The van der Waals surface area contributed by atoms with Gasteiger partial charge in [0.25, 0.3) is 0 Å². The van der Waals surface area contributed by atoms with Crippen LogP contribution < -0.4 is 4.80 Å². The molecular formula is C15H6Cl2F3N5S. The van der Waals surface area contributed by atoms with E-state index in [2.05, 4.69) is 10.1 Å². The van der Waals surface area contributed by atoms with Gasteiger partial charge in [-0.3, -0.25) is 10.4 Å². The van der Waals surface area contributed by atoms with Crippen LogP contribution in [0.4, 0.5) is 13.2 Å². The van der Waals surface area contributed by atoms with Gasteiger partial charge < -0.3 is 0 Å². The number of aromatic nitrogens is 3. The number of rotatable bonds is 2. The van der Waals surface area contributed by atoms with Crippen molar-refractivity contribution in [2.45, 2.75) is 6.18 Å². The van der Waals surface area contributed by atoms with Crippen LogP contribution in [-0.4, -0.2) is 14.8 Å². The minimum absolute atomic E-state index is 0.0255. The fraction of sp³-hybridized carbons (Fsp3) is 0.0667. The molecule has 0 radical (unpaired) electrons. The van der Waals surface area contributed by atoms with Gasteiger partial charge in [-0.05, 0) is 24.3 Å². The number of nitrogens with one attached hydrogen (secondary N) is 1. The zero-order valence-electron chi connectivity index (χ0n) is 12.5. The van der Waals surface area contributed by atoms with E-state index in [0.717, 1.165) is 28.2 Å². The molecule has 11 heteroatoms. The molecular weight excluding hydrogens is 410 g/mol. The molecule has 0 bridgehead atoms. The van der Waals surface area contributed by atoms with Crippen LogP contribution in [0.1, 0.15) is 11.1 Å². The molecule has 0 aliphatic heterocycles. The molecule has 0 atom stereocenters. The zero-order valence-corrected chi connectivity index (χ0v) is 14.8. The summed E-state index contributed by atoms with van der Waals surface area (Å²) in [5.41, 5.74) is -0.256. The number of alkyl halides is 3. The average Bonchev–Trinajstić information content (AvgIpc) is 2.95. The van der Waals surface area contributed by atoms with Crippen molar-refractivity contribution in [3.8, 4) is 22.5 Å². The number of nitriles is 1. The molecule has 0 unspecified atom stereocenters. The van der Waals surface area contributed by atoms with Crippen LogP contribution in [0.15, 0.2) is 30.5 Å². The second-order valence-corrected chi connectivity index (χ2v) is 6.75. The molecule has 2 heterocycles. The molecule has 0 aliphatic rings. The molecule has 2 aromatic heterocycles. The van der Waals surface area contributed by atoms with Gasteiger partial charge in [0.15, 0.2) is 5.01 Å². The highest BCUT2D eigenvalue weighted by Gasteiger charge is 2.32. The number of pyridine rings is 1. The largest absolute Gasteiger partial charge is 0.416 e. The van der Waals surface area contributed by atoms with E-state index in [1.54, 1.807) is 6.07 Å². The Morgan fingerprint density at radius 3 is 2.35 bits per heavy atom. The summed E-state index contributed by atoms with van der Waals surface area (Å²) >= 11 is 12.9. The van der Waals surface area contributed by atoms with E-state index in [0.29, 0.717) is 16.3 Å². The van der Waals surface area contributed by atoms with E-state index in [1.165, 1.54) is 12.3 Å². The topological polar surface area (TPSA) is 78.4 Å². The van der Waals surface area contributed by atoms with Gasteiger partial charge in [-0.15, -0.1) is 0 Å². The maximum atomic E-state index is 12.8. The van der Waals surface area contributed by atoms with Gasteiger partial charge in [0, 0.05) is 6.20 Å². The Balaban J connectivity index is 2.10. The van der Waals surface area contributed by atoms with E-state index in [9.17, 15) is 13.2 Å². The fourth-order valence-electron chi connectivity index (χ4n) is 2.06. The molecule has 3 rings (SSSR count). The Labute approximate surface area is 158 Å². The van der Waals surface area contributed by atoms with Gasteiger partial charge in [0.05, 0.1) is 21.2 Å². The zero-order chi connectivity index (χ0) is 19.1. The van der Waals surface area contributed by atoms with Crippen LogP contribution in [0.25, 0.3) is 16.4 Å². The molecule has 5 nitrogen and oxygen atoms in total. The first-order chi connectivity index (χ1) is 12.2. The Morgan fingerprint density at radius 2 is 1.85 bits per heavy atom. The molecule has 3 aromatic rings. The normalized spacial score (nSPS) is 11.4. The summed E-state index contributed by atoms with van der Waals surface area (Å²) in [5.74, 6) is 0. The minimum atomic E-state index is -4.60. The lowest BCUT2D eigenvalue weighted by atomic mass is 10.2. The van der Waals surface area contributed by atoms with Crippen LogP contribution in [0.2, 0.25) is 10.0 Å². The quantitative estimate of drug-likeness (QED) is 0.660. The third-order valence-corrected chi connectivity index (χ3v) is 4.67. The van der Waals surface area contributed by atoms with Crippen molar-refractivity contribution in [2.75, 3.05) is 0 Å². The lowest BCUT2D eigenvalue weighted by Gasteiger charge is -2.11. The molecule has 1 N–H and O–H groups in total. The summed E-state index contributed by atoms with van der Waals surface area (Å²) in [6, 6.07) is 6.48. The van der Waals surface area contributed by atoms with Crippen molar-refractivity contribution in [2.24, 2.45) is 0 Å². The second kappa shape index (κ2) is 6.72. The summed E-state index contributed by atoms with van der Waals surface area (Å²) in [4.78, 5) is 3.97. The predicted molar refractivity (Wildman–Crippen MR) is 90.3 cm³/mol. The van der Waals surface area contributed by atoms with Crippen molar-refractivity contribution >= 4 is 34.5 Å². The summed E-state index contributed by atoms with van der Waals surface area (Å²) in [6.45, 7) is 0. The maximum absolute atomic E-state index is 12.8. The highest BCUT2D eigenvalue weighted by atomic mass is 35.5. The fourth-order valence-corrected chi connectivity index (χ4v) is 3.46. The highest BCUT2D eigenvalue weighted by Crippen LogP contribution is 2.37. The van der Waals surface area contributed by atoms with Gasteiger partial charge >= 0.3 is 6.18 Å². The van der Waals surface area contributed by atoms with E-state index in [1.807, 2.05) is 6.07 Å². The summed E-state index contributed by atoms with van der Waals surface area (Å²) < 4.78 is 39.6. The smallest absolute Gasteiger partial charge is 0.273 e. The monoisotopic (exact) mass is 415 g/mol. The van der Waals surface area contributed by atoms with E-state index in [-0.39, 0.29) is 20.5 Å². The van der Waals surface area contributed by atoms with Gasteiger partial charge in [-0.1, -0.05) is 34.5 Å². The lowest BCUT2D eigenvalue weighted by Crippen LogP contribution is -2.14. The van der Waals surface area contributed by atoms with Crippen molar-refractivity contribution < 1.29 is 13.2 Å². The molecule has 0 amide bonds. The number of hydrogen-bond donors (Lipinski definition) is 1. The number of nitrogens with zero attached hydrogens (tertiary/aromatic N) is 4. The van der Waals surface area contributed by atoms with E-state index in [4.69, 9.17) is 33.9 Å². The maximum Gasteiger partial charge on any atom is 0.416 e. The first-order valence-electron chi connectivity index (χ1n) is 6.78. The molecule has 0 fully saturated rings. The van der Waals surface area contributed by atoms with Gasteiger partial charge in [-0.2, -0.15) is 23.5 Å². The average molecular weight is 416 g/mol. The van der Waals surface area contributed by atoms with Crippen molar-refractivity contribution in [3.63, 3.8) is 0 Å². The summed E-state index contributed by atoms with van der Waals surface area (Å²) in [5, 5.41) is 20.7. The summed E-state index contributed by atoms with van der Waals surface area (Å²) in [7, 11) is 0. The SMILES string of the molecule is N#Cc1ccc(-c2nn(-c3c(Cl)cc(C(F)(F)F)cc3Cl)c(=N)s2)nc1. The molecule has 0 spiro atoms. The van der Waals surface area contributed by atoms with E-state index < -0.39 is 11.7 Å². The third-order valence-electron chi connectivity index (χ3n) is 3.24. The molecule has 132 valence electrons. The van der Waals surface area contributed by atoms with Crippen LogP contribution in [0, 0.1) is 16.7 Å². The van der Waals surface area contributed by atoms with Gasteiger partial charge in [-0.25, -0.2) is 4.68 Å². The van der Waals surface area contributed by atoms with Crippen molar-refractivity contribution in [3.05, 3.63) is 56.4 Å². The standard InChI is InChI=1S/C15H6Cl2F3N5S/c16-9-3-8(15(18,19)20)4-10(17)12(9)25-14(22)26-13(24-25)11-2-1-7(5-21)6-23-11/h1-4,6,22H. The predicted octanol–water partition coefficient (Wildman–Crippen LogP) is 4.67. The first-order valence-corrected chi connectivity index (χ1v) is 8.36. The van der Waals surface area contributed by atoms with Crippen LogP contribution in [0.3, 0.4) is 0 Å². The van der Waals surface area contributed by atoms with Gasteiger partial charge in [0.2, 0.25) is 4.80 Å². The molecule has 0 saturated carbocycles. The number of benzene rings is 1. The lowest BCUT2D eigenvalue weighted by molar-refractivity contribution is -0.137. The Hall–Kier alpha value is -2.41. The van der Waals surface area contributed by atoms with Crippen LogP contribution in [-0.2, 0) is 6.18 Å². The van der Waals surface area contributed by atoms with E-state index >= 15 is 0 Å². The highest BCUT2D eigenvalue weighted by molar-refractivity contribution is 7.12. The van der Waals surface area contributed by atoms with Gasteiger partial charge in [0.1, 0.15) is 17.5 Å². The minimum Gasteiger partial charge on any atom is -0.273 e.